The molecule has 0 aliphatic carbocycles. The molecule has 1 fully saturated rings. The number of nitrogens with one attached hydrogen (secondary N) is 2. The zero-order valence-electron chi connectivity index (χ0n) is 11.1. The van der Waals surface area contributed by atoms with Crippen molar-refractivity contribution in [3.8, 4) is 0 Å². The van der Waals surface area contributed by atoms with E-state index in [0.717, 1.165) is 19.5 Å². The lowest BCUT2D eigenvalue weighted by atomic mass is 10.0. The third-order valence-electron chi connectivity index (χ3n) is 3.62. The highest BCUT2D eigenvalue weighted by atomic mass is 15.0. The third-order valence-corrected chi connectivity index (χ3v) is 3.62. The molecule has 1 heterocycles. The molecule has 0 spiro atoms. The molecule has 94 valence electrons. The molecule has 1 saturated heterocycles. The molecule has 1 aliphatic rings. The van der Waals surface area contributed by atoms with Crippen LogP contribution in [0.3, 0.4) is 0 Å². The van der Waals surface area contributed by atoms with E-state index < -0.39 is 0 Å². The molecule has 1 aromatic carbocycles. The maximum absolute atomic E-state index is 3.65. The molecular weight excluding hydrogens is 208 g/mol. The van der Waals surface area contributed by atoms with Gasteiger partial charge in [0.1, 0.15) is 0 Å². The summed E-state index contributed by atoms with van der Waals surface area (Å²) in [5.74, 6) is 0. The molecule has 0 aromatic heterocycles. The Kier molecular flexibility index (Phi) is 4.57. The first-order valence-corrected chi connectivity index (χ1v) is 6.76. The number of aryl methyl sites for hydroxylation is 2. The number of rotatable bonds is 4. The third kappa shape index (κ3) is 3.83. The van der Waals surface area contributed by atoms with Crippen molar-refractivity contribution in [1.82, 2.24) is 10.6 Å². The molecule has 0 radical (unpaired) electrons. The summed E-state index contributed by atoms with van der Waals surface area (Å²) in [5.41, 5.74) is 4.26. The highest BCUT2D eigenvalue weighted by molar-refractivity contribution is 5.30. The molecule has 0 bridgehead atoms. The Balaban J connectivity index is 1.77. The van der Waals surface area contributed by atoms with E-state index in [1.54, 1.807) is 0 Å². The summed E-state index contributed by atoms with van der Waals surface area (Å²) in [6.45, 7) is 7.78. The van der Waals surface area contributed by atoms with Crippen LogP contribution in [0.1, 0.15) is 29.5 Å². The first-order valence-electron chi connectivity index (χ1n) is 6.76. The summed E-state index contributed by atoms with van der Waals surface area (Å²) < 4.78 is 0. The normalized spacial score (nSPS) is 20.5. The van der Waals surface area contributed by atoms with Crippen LogP contribution in [-0.2, 0) is 6.42 Å². The second-order valence-corrected chi connectivity index (χ2v) is 5.18. The second-order valence-electron chi connectivity index (χ2n) is 5.18. The van der Waals surface area contributed by atoms with Gasteiger partial charge in [-0.15, -0.1) is 0 Å². The van der Waals surface area contributed by atoms with Crippen LogP contribution in [0.2, 0.25) is 0 Å². The van der Waals surface area contributed by atoms with Crippen LogP contribution in [0.5, 0.6) is 0 Å². The molecular formula is C15H24N2. The minimum Gasteiger partial charge on any atom is -0.315 e. The Morgan fingerprint density at radius 1 is 1.35 bits per heavy atom. The molecule has 1 aliphatic heterocycles. The van der Waals surface area contributed by atoms with Crippen molar-refractivity contribution in [3.63, 3.8) is 0 Å². The van der Waals surface area contributed by atoms with E-state index in [9.17, 15) is 0 Å². The standard InChI is InChI=1S/C15H24N2/c1-12-5-6-14(13(2)10-12)7-9-17-15-4-3-8-16-11-15/h5-6,10,15-17H,3-4,7-9,11H2,1-2H3. The van der Waals surface area contributed by atoms with Gasteiger partial charge in [0.05, 0.1) is 0 Å². The summed E-state index contributed by atoms with van der Waals surface area (Å²) in [6.07, 6.45) is 3.77. The molecule has 17 heavy (non-hydrogen) atoms. The maximum Gasteiger partial charge on any atom is 0.0193 e. The second kappa shape index (κ2) is 6.18. The minimum absolute atomic E-state index is 0.675. The number of piperidine rings is 1. The van der Waals surface area contributed by atoms with Gasteiger partial charge in [-0.3, -0.25) is 0 Å². The van der Waals surface area contributed by atoms with Gasteiger partial charge in [-0.1, -0.05) is 23.8 Å². The van der Waals surface area contributed by atoms with Crippen LogP contribution in [0.4, 0.5) is 0 Å². The van der Waals surface area contributed by atoms with Crippen LogP contribution < -0.4 is 10.6 Å². The molecule has 1 aromatic rings. The van der Waals surface area contributed by atoms with Crippen LogP contribution in [-0.4, -0.2) is 25.7 Å². The summed E-state index contributed by atoms with van der Waals surface area (Å²) in [4.78, 5) is 0. The lowest BCUT2D eigenvalue weighted by molar-refractivity contribution is 0.392. The van der Waals surface area contributed by atoms with Gasteiger partial charge in [0.15, 0.2) is 0 Å². The van der Waals surface area contributed by atoms with Crippen LogP contribution in [0.25, 0.3) is 0 Å². The number of benzene rings is 1. The molecule has 2 heteroatoms. The quantitative estimate of drug-likeness (QED) is 0.831. The zero-order chi connectivity index (χ0) is 12.1. The topological polar surface area (TPSA) is 24.1 Å². The first-order chi connectivity index (χ1) is 8.25. The molecule has 2 rings (SSSR count). The monoisotopic (exact) mass is 232 g/mol. The fourth-order valence-electron chi connectivity index (χ4n) is 2.56. The summed E-state index contributed by atoms with van der Waals surface area (Å²) in [5, 5.41) is 7.09. The van der Waals surface area contributed by atoms with E-state index in [1.165, 1.54) is 36.1 Å². The van der Waals surface area contributed by atoms with Crippen LogP contribution >= 0.6 is 0 Å². The molecule has 2 N–H and O–H groups in total. The Morgan fingerprint density at radius 3 is 2.94 bits per heavy atom. The van der Waals surface area contributed by atoms with Gasteiger partial charge in [0, 0.05) is 12.6 Å². The van der Waals surface area contributed by atoms with E-state index >= 15 is 0 Å². The predicted octanol–water partition coefficient (Wildman–Crippen LogP) is 2.19. The van der Waals surface area contributed by atoms with Crippen molar-refractivity contribution in [2.45, 2.75) is 39.2 Å². The maximum atomic E-state index is 3.65. The van der Waals surface area contributed by atoms with Gasteiger partial charge in [0.2, 0.25) is 0 Å². The Hall–Kier alpha value is -0.860. The highest BCUT2D eigenvalue weighted by Crippen LogP contribution is 2.11. The van der Waals surface area contributed by atoms with Gasteiger partial charge < -0.3 is 10.6 Å². The Labute approximate surface area is 105 Å². The highest BCUT2D eigenvalue weighted by Gasteiger charge is 2.11. The fraction of sp³-hybridized carbons (Fsp3) is 0.600. The Morgan fingerprint density at radius 2 is 2.24 bits per heavy atom. The first kappa shape index (κ1) is 12.6. The lowest BCUT2D eigenvalue weighted by Gasteiger charge is -2.24. The smallest absolute Gasteiger partial charge is 0.0193 e. The minimum atomic E-state index is 0.675. The molecule has 1 atom stereocenters. The predicted molar refractivity (Wildman–Crippen MR) is 73.5 cm³/mol. The van der Waals surface area contributed by atoms with Crippen molar-refractivity contribution in [2.24, 2.45) is 0 Å². The average Bonchev–Trinajstić information content (AvgIpc) is 2.33. The lowest BCUT2D eigenvalue weighted by Crippen LogP contribution is -2.43. The van der Waals surface area contributed by atoms with E-state index in [-0.39, 0.29) is 0 Å². The molecule has 1 unspecified atom stereocenters. The fourth-order valence-corrected chi connectivity index (χ4v) is 2.56. The van der Waals surface area contributed by atoms with Gasteiger partial charge in [-0.25, -0.2) is 0 Å². The molecule has 2 nitrogen and oxygen atoms in total. The molecule has 0 saturated carbocycles. The van der Waals surface area contributed by atoms with Gasteiger partial charge in [-0.05, 0) is 57.3 Å². The van der Waals surface area contributed by atoms with Crippen molar-refractivity contribution in [2.75, 3.05) is 19.6 Å². The van der Waals surface area contributed by atoms with Crippen molar-refractivity contribution >= 4 is 0 Å². The Bertz CT molecular complexity index is 354. The van der Waals surface area contributed by atoms with Crippen molar-refractivity contribution in [3.05, 3.63) is 34.9 Å². The van der Waals surface area contributed by atoms with Crippen LogP contribution in [0, 0.1) is 13.8 Å². The average molecular weight is 232 g/mol. The zero-order valence-corrected chi connectivity index (χ0v) is 11.1. The summed E-state index contributed by atoms with van der Waals surface area (Å²) in [6, 6.07) is 7.43. The summed E-state index contributed by atoms with van der Waals surface area (Å²) >= 11 is 0. The summed E-state index contributed by atoms with van der Waals surface area (Å²) in [7, 11) is 0. The van der Waals surface area contributed by atoms with Crippen molar-refractivity contribution < 1.29 is 0 Å². The van der Waals surface area contributed by atoms with Gasteiger partial charge >= 0.3 is 0 Å². The number of hydrogen-bond donors (Lipinski definition) is 2. The van der Waals surface area contributed by atoms with E-state index in [0.29, 0.717) is 6.04 Å². The SMILES string of the molecule is Cc1ccc(CCNC2CCCNC2)c(C)c1. The van der Waals surface area contributed by atoms with E-state index in [2.05, 4.69) is 42.7 Å². The van der Waals surface area contributed by atoms with Gasteiger partial charge in [-0.2, -0.15) is 0 Å². The van der Waals surface area contributed by atoms with Gasteiger partial charge in [0.25, 0.3) is 0 Å². The van der Waals surface area contributed by atoms with E-state index in [4.69, 9.17) is 0 Å². The molecule has 0 amide bonds. The van der Waals surface area contributed by atoms with Crippen LogP contribution in [0.15, 0.2) is 18.2 Å². The largest absolute Gasteiger partial charge is 0.315 e. The van der Waals surface area contributed by atoms with Crippen molar-refractivity contribution in [1.29, 1.82) is 0 Å². The number of hydrogen-bond acceptors (Lipinski definition) is 2. The van der Waals surface area contributed by atoms with E-state index in [1.807, 2.05) is 0 Å².